The van der Waals surface area contributed by atoms with E-state index in [0.717, 1.165) is 19.6 Å². The molecule has 0 radical (unpaired) electrons. The highest BCUT2D eigenvalue weighted by atomic mass is 32.2. The Morgan fingerprint density at radius 1 is 1.07 bits per heavy atom. The van der Waals surface area contributed by atoms with Gasteiger partial charge in [-0.2, -0.15) is 4.31 Å². The SMILES string of the molecule is CCN1CCN(S(=O)(=O)c2ccc(O[C@H](C)C(=O)N3CCOCC3)cc2)CC1. The Morgan fingerprint density at radius 3 is 2.25 bits per heavy atom. The smallest absolute Gasteiger partial charge is 0.263 e. The lowest BCUT2D eigenvalue weighted by molar-refractivity contribution is -0.142. The van der Waals surface area contributed by atoms with E-state index in [2.05, 4.69) is 11.8 Å². The average Bonchev–Trinajstić information content (AvgIpc) is 2.74. The lowest BCUT2D eigenvalue weighted by Crippen LogP contribution is -2.48. The first-order chi connectivity index (χ1) is 13.4. The number of ether oxygens (including phenoxy) is 2. The molecule has 1 aromatic rings. The standard InChI is InChI=1S/C19H29N3O5S/c1-3-20-8-10-22(11-9-20)28(24,25)18-6-4-17(5-7-18)27-16(2)19(23)21-12-14-26-15-13-21/h4-7,16H,3,8-15H2,1-2H3/t16-/m1/s1. The number of piperazine rings is 1. The van der Waals surface area contributed by atoms with Gasteiger partial charge in [-0.3, -0.25) is 4.79 Å². The number of sulfonamides is 1. The maximum atomic E-state index is 12.8. The van der Waals surface area contributed by atoms with Crippen LogP contribution in [0, 0.1) is 0 Å². The predicted molar refractivity (Wildman–Crippen MR) is 105 cm³/mol. The van der Waals surface area contributed by atoms with Gasteiger partial charge in [-0.15, -0.1) is 0 Å². The maximum absolute atomic E-state index is 12.8. The molecule has 2 saturated heterocycles. The molecule has 2 fully saturated rings. The Kier molecular flexibility index (Phi) is 6.92. The van der Waals surface area contributed by atoms with Crippen molar-refractivity contribution in [2.45, 2.75) is 24.8 Å². The van der Waals surface area contributed by atoms with Gasteiger partial charge in [0.2, 0.25) is 10.0 Å². The van der Waals surface area contributed by atoms with E-state index < -0.39 is 16.1 Å². The molecular weight excluding hydrogens is 382 g/mol. The van der Waals surface area contributed by atoms with E-state index in [1.807, 2.05) is 0 Å². The highest BCUT2D eigenvalue weighted by Crippen LogP contribution is 2.22. The van der Waals surface area contributed by atoms with Crippen molar-refractivity contribution in [3.63, 3.8) is 0 Å². The van der Waals surface area contributed by atoms with Crippen molar-refractivity contribution in [3.05, 3.63) is 24.3 Å². The molecule has 0 bridgehead atoms. The molecule has 2 heterocycles. The molecule has 0 N–H and O–H groups in total. The van der Waals surface area contributed by atoms with Crippen LogP contribution >= 0.6 is 0 Å². The van der Waals surface area contributed by atoms with E-state index in [4.69, 9.17) is 9.47 Å². The monoisotopic (exact) mass is 411 g/mol. The van der Waals surface area contributed by atoms with Crippen molar-refractivity contribution in [3.8, 4) is 5.75 Å². The van der Waals surface area contributed by atoms with E-state index in [1.165, 1.54) is 4.31 Å². The molecule has 0 spiro atoms. The Labute approximate surface area is 167 Å². The number of carbonyl (C=O) groups excluding carboxylic acids is 1. The first kappa shape index (κ1) is 21.0. The van der Waals surface area contributed by atoms with E-state index in [1.54, 1.807) is 36.1 Å². The fraction of sp³-hybridized carbons (Fsp3) is 0.632. The Hall–Kier alpha value is -1.68. The minimum atomic E-state index is -3.51. The summed E-state index contributed by atoms with van der Waals surface area (Å²) < 4.78 is 38.2. The molecule has 0 saturated carbocycles. The maximum Gasteiger partial charge on any atom is 0.263 e. The van der Waals surface area contributed by atoms with Crippen molar-refractivity contribution in [2.75, 3.05) is 59.0 Å². The van der Waals surface area contributed by atoms with Crippen LogP contribution in [0.2, 0.25) is 0 Å². The Morgan fingerprint density at radius 2 is 1.68 bits per heavy atom. The van der Waals surface area contributed by atoms with Crippen molar-refractivity contribution in [1.29, 1.82) is 0 Å². The van der Waals surface area contributed by atoms with Crippen LogP contribution in [0.3, 0.4) is 0 Å². The second kappa shape index (κ2) is 9.21. The topological polar surface area (TPSA) is 79.4 Å². The molecule has 156 valence electrons. The quantitative estimate of drug-likeness (QED) is 0.684. The highest BCUT2D eigenvalue weighted by molar-refractivity contribution is 7.89. The third kappa shape index (κ3) is 4.83. The van der Waals surface area contributed by atoms with Crippen molar-refractivity contribution in [2.24, 2.45) is 0 Å². The number of carbonyl (C=O) groups is 1. The fourth-order valence-corrected chi connectivity index (χ4v) is 4.84. The van der Waals surface area contributed by atoms with Crippen LogP contribution in [-0.2, 0) is 19.6 Å². The van der Waals surface area contributed by atoms with Crippen LogP contribution in [0.25, 0.3) is 0 Å². The van der Waals surface area contributed by atoms with Gasteiger partial charge in [0, 0.05) is 39.3 Å². The first-order valence-corrected chi connectivity index (χ1v) is 11.2. The molecular formula is C19H29N3O5S. The zero-order chi connectivity index (χ0) is 20.1. The number of likely N-dealkylation sites (N-methyl/N-ethyl adjacent to an activating group) is 1. The van der Waals surface area contributed by atoms with Crippen LogP contribution in [0.1, 0.15) is 13.8 Å². The van der Waals surface area contributed by atoms with Gasteiger partial charge in [0.15, 0.2) is 6.10 Å². The molecule has 0 aliphatic carbocycles. The second-order valence-corrected chi connectivity index (χ2v) is 8.95. The number of hydrogen-bond acceptors (Lipinski definition) is 6. The highest BCUT2D eigenvalue weighted by Gasteiger charge is 2.28. The minimum absolute atomic E-state index is 0.0891. The summed E-state index contributed by atoms with van der Waals surface area (Å²) in [7, 11) is -3.51. The summed E-state index contributed by atoms with van der Waals surface area (Å²) in [6.45, 7) is 9.42. The van der Waals surface area contributed by atoms with Gasteiger partial charge in [-0.25, -0.2) is 8.42 Å². The van der Waals surface area contributed by atoms with Crippen LogP contribution in [0.5, 0.6) is 5.75 Å². The molecule has 3 rings (SSSR count). The summed E-state index contributed by atoms with van der Waals surface area (Å²) in [5.41, 5.74) is 0. The number of benzene rings is 1. The number of nitrogens with zero attached hydrogens (tertiary/aromatic N) is 3. The molecule has 8 nitrogen and oxygen atoms in total. The van der Waals surface area contributed by atoms with Gasteiger partial charge in [0.1, 0.15) is 5.75 Å². The Balaban J connectivity index is 1.60. The minimum Gasteiger partial charge on any atom is -0.481 e. The molecule has 1 atom stereocenters. The molecule has 0 aromatic heterocycles. The zero-order valence-corrected chi connectivity index (χ0v) is 17.4. The number of amides is 1. The van der Waals surface area contributed by atoms with Crippen LogP contribution < -0.4 is 4.74 Å². The summed E-state index contributed by atoms with van der Waals surface area (Å²) in [5.74, 6) is 0.387. The van der Waals surface area contributed by atoms with Crippen LogP contribution in [0.15, 0.2) is 29.2 Å². The van der Waals surface area contributed by atoms with Gasteiger partial charge < -0.3 is 19.3 Å². The number of rotatable bonds is 6. The van der Waals surface area contributed by atoms with Crippen LogP contribution in [0.4, 0.5) is 0 Å². The van der Waals surface area contributed by atoms with Crippen molar-refractivity contribution < 1.29 is 22.7 Å². The fourth-order valence-electron chi connectivity index (χ4n) is 3.42. The third-order valence-corrected chi connectivity index (χ3v) is 7.14. The van der Waals surface area contributed by atoms with E-state index >= 15 is 0 Å². The normalized spacial score (nSPS) is 20.7. The molecule has 0 unspecified atom stereocenters. The number of morpholine rings is 1. The number of hydrogen-bond donors (Lipinski definition) is 0. The summed E-state index contributed by atoms with van der Waals surface area (Å²) in [5, 5.41) is 0. The zero-order valence-electron chi connectivity index (χ0n) is 16.5. The molecule has 1 aromatic carbocycles. The van der Waals surface area contributed by atoms with E-state index in [0.29, 0.717) is 45.1 Å². The first-order valence-electron chi connectivity index (χ1n) is 9.77. The second-order valence-electron chi connectivity index (χ2n) is 7.01. The molecule has 1 amide bonds. The molecule has 2 aliphatic heterocycles. The lowest BCUT2D eigenvalue weighted by Gasteiger charge is -2.33. The Bertz CT molecular complexity index is 754. The summed E-state index contributed by atoms with van der Waals surface area (Å²) in [6.07, 6.45) is -0.636. The molecule has 2 aliphatic rings. The van der Waals surface area contributed by atoms with Crippen molar-refractivity contribution in [1.82, 2.24) is 14.1 Å². The van der Waals surface area contributed by atoms with Gasteiger partial charge >= 0.3 is 0 Å². The third-order valence-electron chi connectivity index (χ3n) is 5.22. The largest absolute Gasteiger partial charge is 0.481 e. The van der Waals surface area contributed by atoms with E-state index in [9.17, 15) is 13.2 Å². The summed E-state index contributed by atoms with van der Waals surface area (Å²) in [6, 6.07) is 6.31. The summed E-state index contributed by atoms with van der Waals surface area (Å²) in [4.78, 5) is 16.6. The summed E-state index contributed by atoms with van der Waals surface area (Å²) >= 11 is 0. The van der Waals surface area contributed by atoms with Crippen molar-refractivity contribution >= 4 is 15.9 Å². The van der Waals surface area contributed by atoms with E-state index in [-0.39, 0.29) is 10.8 Å². The van der Waals surface area contributed by atoms with Crippen LogP contribution in [-0.4, -0.2) is 93.6 Å². The van der Waals surface area contributed by atoms with Gasteiger partial charge in [0.25, 0.3) is 5.91 Å². The molecule has 28 heavy (non-hydrogen) atoms. The lowest BCUT2D eigenvalue weighted by atomic mass is 10.3. The van der Waals surface area contributed by atoms with Gasteiger partial charge in [0.05, 0.1) is 18.1 Å². The van der Waals surface area contributed by atoms with Gasteiger partial charge in [-0.05, 0) is 37.7 Å². The predicted octanol–water partition coefficient (Wildman–Crippen LogP) is 0.639. The molecule has 9 heteroatoms. The average molecular weight is 412 g/mol. The van der Waals surface area contributed by atoms with Gasteiger partial charge in [-0.1, -0.05) is 6.92 Å².